The monoisotopic (exact) mass is 467 g/mol. The molecule has 2 aromatic carbocycles. The summed E-state index contributed by atoms with van der Waals surface area (Å²) >= 11 is 3.40. The van der Waals surface area contributed by atoms with Crippen LogP contribution in [0, 0.1) is 0 Å². The Kier molecular flexibility index (Phi) is 5.46. The first-order chi connectivity index (χ1) is 14.5. The molecule has 1 amide bonds. The minimum Gasteiger partial charge on any atom is -0.507 e. The molecule has 30 heavy (non-hydrogen) atoms. The predicted octanol–water partition coefficient (Wildman–Crippen LogP) is 4.67. The van der Waals surface area contributed by atoms with E-state index in [2.05, 4.69) is 15.9 Å². The molecule has 1 aromatic heterocycles. The molecule has 1 N–H and O–H groups in total. The third-order valence-corrected chi connectivity index (χ3v) is 5.50. The van der Waals surface area contributed by atoms with E-state index < -0.39 is 17.7 Å². The van der Waals surface area contributed by atoms with Crippen LogP contribution < -0.4 is 4.74 Å². The summed E-state index contributed by atoms with van der Waals surface area (Å²) in [6, 6.07) is 16.7. The van der Waals surface area contributed by atoms with E-state index in [0.29, 0.717) is 22.6 Å². The Morgan fingerprint density at radius 2 is 1.90 bits per heavy atom. The summed E-state index contributed by atoms with van der Waals surface area (Å²) in [4.78, 5) is 27.3. The fourth-order valence-electron chi connectivity index (χ4n) is 3.53. The van der Waals surface area contributed by atoms with Gasteiger partial charge < -0.3 is 19.2 Å². The van der Waals surface area contributed by atoms with Crippen molar-refractivity contribution in [1.29, 1.82) is 0 Å². The fraction of sp³-hybridized carbons (Fsp3) is 0.130. The number of hydrogen-bond donors (Lipinski definition) is 1. The molecule has 1 atom stereocenters. The molecular weight excluding hydrogens is 450 g/mol. The number of hydrogen-bond acceptors (Lipinski definition) is 5. The topological polar surface area (TPSA) is 80.0 Å². The number of aliphatic hydroxyl groups is 1. The van der Waals surface area contributed by atoms with E-state index in [9.17, 15) is 14.7 Å². The molecule has 0 spiro atoms. The van der Waals surface area contributed by atoms with Gasteiger partial charge in [-0.25, -0.2) is 0 Å². The first kappa shape index (κ1) is 20.0. The first-order valence-electron chi connectivity index (χ1n) is 9.20. The van der Waals surface area contributed by atoms with E-state index in [4.69, 9.17) is 9.15 Å². The smallest absolute Gasteiger partial charge is 0.296 e. The average molecular weight is 468 g/mol. The molecule has 0 bridgehead atoms. The number of carbonyl (C=O) groups excluding carboxylic acids is 2. The van der Waals surface area contributed by atoms with Gasteiger partial charge in [0.05, 0.1) is 31.5 Å². The third kappa shape index (κ3) is 3.64. The Bertz CT molecular complexity index is 1120. The van der Waals surface area contributed by atoms with E-state index in [-0.39, 0.29) is 17.9 Å². The summed E-state index contributed by atoms with van der Waals surface area (Å²) in [6.45, 7) is 0.104. The van der Waals surface area contributed by atoms with Gasteiger partial charge in [0.2, 0.25) is 0 Å². The van der Waals surface area contributed by atoms with Crippen LogP contribution in [0.4, 0.5) is 0 Å². The number of aliphatic hydroxyl groups excluding tert-OH is 1. The average Bonchev–Trinajstić information content (AvgIpc) is 3.36. The normalized spacial score (nSPS) is 18.1. The highest BCUT2D eigenvalue weighted by atomic mass is 79.9. The maximum absolute atomic E-state index is 13.0. The van der Waals surface area contributed by atoms with Crippen LogP contribution in [0.3, 0.4) is 0 Å². The lowest BCUT2D eigenvalue weighted by molar-refractivity contribution is -0.140. The standard InChI is InChI=1S/C23H18BrNO5/c1-29-17-5-2-4-15(12-17)21(26)19-20(14-7-9-16(24)10-8-14)25(23(28)22(19)27)13-18-6-3-11-30-18/h2-12,20,26H,13H2,1H3. The third-order valence-electron chi connectivity index (χ3n) is 4.98. The van der Waals surface area contributed by atoms with Crippen LogP contribution in [0.2, 0.25) is 0 Å². The summed E-state index contributed by atoms with van der Waals surface area (Å²) in [5.41, 5.74) is 1.13. The Labute approximate surface area is 181 Å². The molecule has 1 fully saturated rings. The Morgan fingerprint density at radius 1 is 1.13 bits per heavy atom. The Morgan fingerprint density at radius 3 is 2.57 bits per heavy atom. The van der Waals surface area contributed by atoms with Gasteiger partial charge >= 0.3 is 0 Å². The zero-order valence-electron chi connectivity index (χ0n) is 16.0. The highest BCUT2D eigenvalue weighted by molar-refractivity contribution is 9.10. The highest BCUT2D eigenvalue weighted by Crippen LogP contribution is 2.40. The molecule has 1 aliphatic rings. The van der Waals surface area contributed by atoms with Crippen LogP contribution in [0.15, 0.2) is 81.4 Å². The van der Waals surface area contributed by atoms with Gasteiger partial charge in [0.1, 0.15) is 17.3 Å². The lowest BCUT2D eigenvalue weighted by Gasteiger charge is -2.24. The number of likely N-dealkylation sites (tertiary alicyclic amines) is 1. The van der Waals surface area contributed by atoms with Gasteiger partial charge in [-0.3, -0.25) is 9.59 Å². The number of carbonyl (C=O) groups is 2. The Hall–Kier alpha value is -3.32. The molecule has 4 rings (SSSR count). The number of rotatable bonds is 5. The zero-order valence-corrected chi connectivity index (χ0v) is 17.6. The molecule has 1 saturated heterocycles. The van der Waals surface area contributed by atoms with Crippen molar-refractivity contribution in [3.05, 3.63) is 93.9 Å². The van der Waals surface area contributed by atoms with E-state index in [1.807, 2.05) is 24.3 Å². The van der Waals surface area contributed by atoms with E-state index in [0.717, 1.165) is 4.47 Å². The molecule has 0 radical (unpaired) electrons. The maximum Gasteiger partial charge on any atom is 0.296 e. The summed E-state index contributed by atoms with van der Waals surface area (Å²) in [6.07, 6.45) is 1.51. The highest BCUT2D eigenvalue weighted by Gasteiger charge is 2.46. The van der Waals surface area contributed by atoms with Gasteiger partial charge in [0, 0.05) is 10.0 Å². The minimum absolute atomic E-state index is 0.0298. The number of halogens is 1. The Balaban J connectivity index is 1.86. The molecule has 1 aliphatic heterocycles. The van der Waals surface area contributed by atoms with Crippen molar-refractivity contribution in [3.63, 3.8) is 0 Å². The molecule has 1 unspecified atom stereocenters. The number of benzene rings is 2. The number of nitrogens with zero attached hydrogens (tertiary/aromatic N) is 1. The van der Waals surface area contributed by atoms with Crippen LogP contribution in [0.5, 0.6) is 5.75 Å². The van der Waals surface area contributed by atoms with Gasteiger partial charge in [-0.1, -0.05) is 40.2 Å². The summed E-state index contributed by atoms with van der Waals surface area (Å²) in [7, 11) is 1.52. The quantitative estimate of drug-likeness (QED) is 0.335. The van der Waals surface area contributed by atoms with Crippen LogP contribution in [-0.4, -0.2) is 28.8 Å². The van der Waals surface area contributed by atoms with Crippen molar-refractivity contribution in [2.24, 2.45) is 0 Å². The number of ether oxygens (including phenoxy) is 1. The van der Waals surface area contributed by atoms with Crippen molar-refractivity contribution < 1.29 is 23.8 Å². The van der Waals surface area contributed by atoms with Gasteiger partial charge in [0.25, 0.3) is 11.7 Å². The van der Waals surface area contributed by atoms with Crippen molar-refractivity contribution in [1.82, 2.24) is 4.90 Å². The molecule has 152 valence electrons. The molecule has 3 aromatic rings. The van der Waals surface area contributed by atoms with Crippen molar-refractivity contribution >= 4 is 33.4 Å². The van der Waals surface area contributed by atoms with E-state index in [1.165, 1.54) is 18.3 Å². The van der Waals surface area contributed by atoms with E-state index in [1.54, 1.807) is 36.4 Å². The lowest BCUT2D eigenvalue weighted by atomic mass is 9.95. The van der Waals surface area contributed by atoms with Crippen molar-refractivity contribution in [2.75, 3.05) is 7.11 Å². The maximum atomic E-state index is 13.0. The van der Waals surface area contributed by atoms with Crippen LogP contribution in [-0.2, 0) is 16.1 Å². The molecule has 6 nitrogen and oxygen atoms in total. The summed E-state index contributed by atoms with van der Waals surface area (Å²) in [5, 5.41) is 11.1. The number of methoxy groups -OCH3 is 1. The van der Waals surface area contributed by atoms with E-state index >= 15 is 0 Å². The minimum atomic E-state index is -0.755. The largest absolute Gasteiger partial charge is 0.507 e. The molecule has 7 heteroatoms. The molecule has 0 saturated carbocycles. The number of amides is 1. The molecule has 0 aliphatic carbocycles. The van der Waals surface area contributed by atoms with Gasteiger partial charge in [-0.2, -0.15) is 0 Å². The fourth-order valence-corrected chi connectivity index (χ4v) is 3.80. The predicted molar refractivity (Wildman–Crippen MR) is 114 cm³/mol. The second kappa shape index (κ2) is 8.20. The number of furan rings is 1. The van der Waals surface area contributed by atoms with Gasteiger partial charge in [0.15, 0.2) is 0 Å². The number of Topliss-reactive ketones (excluding diaryl/α,β-unsaturated/α-hetero) is 1. The van der Waals surface area contributed by atoms with Crippen molar-refractivity contribution in [2.45, 2.75) is 12.6 Å². The summed E-state index contributed by atoms with van der Waals surface area (Å²) < 4.78 is 11.5. The van der Waals surface area contributed by atoms with Gasteiger partial charge in [-0.15, -0.1) is 0 Å². The first-order valence-corrected chi connectivity index (χ1v) is 9.99. The molecular formula is C23H18BrNO5. The second-order valence-corrected chi connectivity index (χ2v) is 7.71. The van der Waals surface area contributed by atoms with Crippen LogP contribution in [0.25, 0.3) is 5.76 Å². The SMILES string of the molecule is COc1cccc(C(O)=C2C(=O)C(=O)N(Cc3ccco3)C2c2ccc(Br)cc2)c1. The lowest BCUT2D eigenvalue weighted by Crippen LogP contribution is -2.29. The molecule has 2 heterocycles. The summed E-state index contributed by atoms with van der Waals surface area (Å²) in [5.74, 6) is -0.606. The van der Waals surface area contributed by atoms with Gasteiger partial charge in [-0.05, 0) is 42.0 Å². The van der Waals surface area contributed by atoms with Crippen LogP contribution in [0.1, 0.15) is 22.9 Å². The zero-order chi connectivity index (χ0) is 21.3. The van der Waals surface area contributed by atoms with Crippen molar-refractivity contribution in [3.8, 4) is 5.75 Å². The van der Waals surface area contributed by atoms with Crippen LogP contribution >= 0.6 is 15.9 Å². The second-order valence-electron chi connectivity index (χ2n) is 6.79. The number of ketones is 1.